The van der Waals surface area contributed by atoms with Gasteiger partial charge >= 0.3 is 0 Å². The second-order valence-corrected chi connectivity index (χ2v) is 7.34. The van der Waals surface area contributed by atoms with Crippen LogP contribution in [0.25, 0.3) is 0 Å². The summed E-state index contributed by atoms with van der Waals surface area (Å²) >= 11 is 11.7. The van der Waals surface area contributed by atoms with E-state index in [2.05, 4.69) is 4.72 Å². The lowest BCUT2D eigenvalue weighted by molar-refractivity contribution is 0.297. The Labute approximate surface area is 123 Å². The average molecular weight is 323 g/mol. The summed E-state index contributed by atoms with van der Waals surface area (Å²) in [6.45, 7) is 0.408. The fourth-order valence-corrected chi connectivity index (χ4v) is 4.14. The Bertz CT molecular complexity index is 548. The normalized spacial score (nSPS) is 16.3. The van der Waals surface area contributed by atoms with E-state index >= 15 is 0 Å². The summed E-state index contributed by atoms with van der Waals surface area (Å²) in [5.74, 6) is 0.640. The summed E-state index contributed by atoms with van der Waals surface area (Å²) in [7, 11) is -3.68. The van der Waals surface area contributed by atoms with E-state index in [9.17, 15) is 8.42 Å². The van der Waals surface area contributed by atoms with Crippen LogP contribution in [0.2, 0.25) is 10.0 Å². The number of benzene rings is 1. The first-order valence-corrected chi connectivity index (χ1v) is 8.38. The minimum absolute atomic E-state index is 0.0427. The molecule has 0 aliphatic heterocycles. The number of halogens is 2. The van der Waals surface area contributed by atoms with Gasteiger partial charge in [0, 0.05) is 11.6 Å². The summed E-state index contributed by atoms with van der Waals surface area (Å²) in [5, 5.41) is 0.358. The number of nitrogens with one attached hydrogen (secondary N) is 1. The molecular formula is C12H16Cl2N2O2S. The molecule has 1 aliphatic rings. The molecule has 1 aromatic carbocycles. The van der Waals surface area contributed by atoms with Gasteiger partial charge in [-0.3, -0.25) is 0 Å². The average Bonchev–Trinajstić information content (AvgIpc) is 2.19. The first kappa shape index (κ1) is 14.9. The van der Waals surface area contributed by atoms with Crippen LogP contribution < -0.4 is 10.5 Å². The molecule has 0 unspecified atom stereocenters. The van der Waals surface area contributed by atoms with Crippen LogP contribution in [0.15, 0.2) is 17.0 Å². The molecule has 0 radical (unpaired) electrons. The molecule has 4 nitrogen and oxygen atoms in total. The fraction of sp³-hybridized carbons (Fsp3) is 0.500. The zero-order valence-corrected chi connectivity index (χ0v) is 12.7. The van der Waals surface area contributed by atoms with E-state index in [1.807, 2.05) is 0 Å². The molecule has 19 heavy (non-hydrogen) atoms. The van der Waals surface area contributed by atoms with Crippen molar-refractivity contribution in [3.63, 3.8) is 0 Å². The minimum Gasteiger partial charge on any atom is -0.398 e. The largest absolute Gasteiger partial charge is 0.398 e. The van der Waals surface area contributed by atoms with Gasteiger partial charge in [-0.1, -0.05) is 42.5 Å². The topological polar surface area (TPSA) is 72.2 Å². The highest BCUT2D eigenvalue weighted by atomic mass is 35.5. The van der Waals surface area contributed by atoms with Crippen molar-refractivity contribution in [2.24, 2.45) is 5.92 Å². The van der Waals surface area contributed by atoms with Crippen molar-refractivity contribution in [1.29, 1.82) is 0 Å². The van der Waals surface area contributed by atoms with Crippen molar-refractivity contribution in [3.8, 4) is 0 Å². The Morgan fingerprint density at radius 3 is 2.53 bits per heavy atom. The summed E-state index contributed by atoms with van der Waals surface area (Å²) in [6.07, 6.45) is 4.47. The molecular weight excluding hydrogens is 307 g/mol. The van der Waals surface area contributed by atoms with Crippen molar-refractivity contribution < 1.29 is 8.42 Å². The van der Waals surface area contributed by atoms with Crippen LogP contribution in [0.3, 0.4) is 0 Å². The molecule has 0 heterocycles. The lowest BCUT2D eigenvalue weighted by Gasteiger charge is -2.25. The van der Waals surface area contributed by atoms with Crippen molar-refractivity contribution in [2.45, 2.75) is 30.6 Å². The van der Waals surface area contributed by atoms with Gasteiger partial charge < -0.3 is 5.73 Å². The van der Waals surface area contributed by atoms with Crippen molar-refractivity contribution in [3.05, 3.63) is 22.2 Å². The lowest BCUT2D eigenvalue weighted by atomic mass is 9.83. The Kier molecular flexibility index (Phi) is 4.61. The van der Waals surface area contributed by atoms with Gasteiger partial charge in [-0.05, 0) is 24.5 Å². The first-order valence-electron chi connectivity index (χ1n) is 6.14. The summed E-state index contributed by atoms with van der Waals surface area (Å²) < 4.78 is 26.8. The Balaban J connectivity index is 2.10. The van der Waals surface area contributed by atoms with Gasteiger partial charge in [0.25, 0.3) is 0 Å². The van der Waals surface area contributed by atoms with E-state index in [4.69, 9.17) is 28.9 Å². The maximum atomic E-state index is 12.2. The monoisotopic (exact) mass is 322 g/mol. The molecule has 0 atom stereocenters. The molecule has 2 rings (SSSR count). The Morgan fingerprint density at radius 2 is 2.00 bits per heavy atom. The third kappa shape index (κ3) is 3.54. The Hall–Kier alpha value is -0.490. The third-order valence-corrected chi connectivity index (χ3v) is 5.58. The highest BCUT2D eigenvalue weighted by Crippen LogP contribution is 2.32. The zero-order valence-electron chi connectivity index (χ0n) is 10.3. The van der Waals surface area contributed by atoms with E-state index in [1.165, 1.54) is 31.4 Å². The summed E-state index contributed by atoms with van der Waals surface area (Å²) in [5.41, 5.74) is 5.75. The standard InChI is InChI=1S/C12H16Cl2N2O2S/c13-9-6-10(14)12(11(15)7-9)19(17,18)16-5-4-8-2-1-3-8/h6-8,16H,1-5,15H2. The Morgan fingerprint density at radius 1 is 1.32 bits per heavy atom. The van der Waals surface area contributed by atoms with E-state index in [1.54, 1.807) is 0 Å². The molecule has 0 aromatic heterocycles. The number of hydrogen-bond acceptors (Lipinski definition) is 3. The molecule has 1 aliphatic carbocycles. The molecule has 0 amide bonds. The second kappa shape index (κ2) is 5.87. The predicted molar refractivity (Wildman–Crippen MR) is 78.0 cm³/mol. The maximum absolute atomic E-state index is 12.2. The number of nitrogen functional groups attached to an aromatic ring is 1. The molecule has 0 spiro atoms. The first-order chi connectivity index (χ1) is 8.90. The van der Waals surface area contributed by atoms with Crippen LogP contribution in [-0.4, -0.2) is 15.0 Å². The highest BCUT2D eigenvalue weighted by molar-refractivity contribution is 7.89. The SMILES string of the molecule is Nc1cc(Cl)cc(Cl)c1S(=O)(=O)NCCC1CCC1. The van der Waals surface area contributed by atoms with Gasteiger partial charge in [-0.15, -0.1) is 0 Å². The van der Waals surface area contributed by atoms with Crippen LogP contribution in [0.1, 0.15) is 25.7 Å². The maximum Gasteiger partial charge on any atom is 0.244 e. The van der Waals surface area contributed by atoms with E-state index in [0.29, 0.717) is 17.5 Å². The molecule has 0 bridgehead atoms. The van der Waals surface area contributed by atoms with Crippen LogP contribution in [-0.2, 0) is 10.0 Å². The molecule has 1 fully saturated rings. The van der Waals surface area contributed by atoms with Crippen LogP contribution >= 0.6 is 23.2 Å². The number of nitrogens with two attached hydrogens (primary N) is 1. The molecule has 0 saturated heterocycles. The number of sulfonamides is 1. The van der Waals surface area contributed by atoms with Crippen LogP contribution in [0.5, 0.6) is 0 Å². The molecule has 106 valence electrons. The molecule has 7 heteroatoms. The third-order valence-electron chi connectivity index (χ3n) is 3.38. The van der Waals surface area contributed by atoms with E-state index in [0.717, 1.165) is 6.42 Å². The second-order valence-electron chi connectivity index (χ2n) is 4.79. The minimum atomic E-state index is -3.68. The molecule has 3 N–H and O–H groups in total. The van der Waals surface area contributed by atoms with Crippen molar-refractivity contribution in [2.75, 3.05) is 12.3 Å². The quantitative estimate of drug-likeness (QED) is 0.818. The molecule has 1 aromatic rings. The van der Waals surface area contributed by atoms with Gasteiger partial charge in [0.15, 0.2) is 0 Å². The zero-order chi connectivity index (χ0) is 14.0. The number of hydrogen-bond donors (Lipinski definition) is 2. The van der Waals surface area contributed by atoms with Gasteiger partial charge in [0.1, 0.15) is 4.90 Å². The fourth-order valence-electron chi connectivity index (χ4n) is 2.11. The van der Waals surface area contributed by atoms with Gasteiger partial charge in [0.2, 0.25) is 10.0 Å². The molecule has 1 saturated carbocycles. The van der Waals surface area contributed by atoms with Crippen LogP contribution in [0.4, 0.5) is 5.69 Å². The van der Waals surface area contributed by atoms with Crippen molar-refractivity contribution in [1.82, 2.24) is 4.72 Å². The predicted octanol–water partition coefficient (Wildman–Crippen LogP) is 3.04. The smallest absolute Gasteiger partial charge is 0.244 e. The summed E-state index contributed by atoms with van der Waals surface area (Å²) in [4.78, 5) is -0.0906. The summed E-state index contributed by atoms with van der Waals surface area (Å²) in [6, 6.07) is 2.76. The highest BCUT2D eigenvalue weighted by Gasteiger charge is 2.23. The van der Waals surface area contributed by atoms with Gasteiger partial charge in [-0.2, -0.15) is 0 Å². The van der Waals surface area contributed by atoms with E-state index in [-0.39, 0.29) is 15.6 Å². The van der Waals surface area contributed by atoms with E-state index < -0.39 is 10.0 Å². The van der Waals surface area contributed by atoms with Crippen LogP contribution in [0, 0.1) is 5.92 Å². The van der Waals surface area contributed by atoms with Gasteiger partial charge in [-0.25, -0.2) is 13.1 Å². The van der Waals surface area contributed by atoms with Crippen molar-refractivity contribution >= 4 is 38.9 Å². The number of rotatable bonds is 5. The van der Waals surface area contributed by atoms with Gasteiger partial charge in [0.05, 0.1) is 10.7 Å². The number of anilines is 1. The lowest BCUT2D eigenvalue weighted by Crippen LogP contribution is -2.28.